The van der Waals surface area contributed by atoms with Crippen molar-refractivity contribution < 1.29 is 9.53 Å². The molecular weight excluding hydrogens is 379 g/mol. The number of amides is 1. The SMILES string of the molecule is O=C(NCCN1CCC(Oc2ccc(Cl)c(Cl)c2)CC1)c1cccs1. The van der Waals surface area contributed by atoms with Crippen LogP contribution in [-0.4, -0.2) is 43.1 Å². The summed E-state index contributed by atoms with van der Waals surface area (Å²) in [5.41, 5.74) is 0. The Morgan fingerprint density at radius 2 is 2.04 bits per heavy atom. The van der Waals surface area contributed by atoms with E-state index in [1.165, 1.54) is 11.3 Å². The highest BCUT2D eigenvalue weighted by molar-refractivity contribution is 7.12. The first-order chi connectivity index (χ1) is 12.1. The summed E-state index contributed by atoms with van der Waals surface area (Å²) in [4.78, 5) is 15.0. The van der Waals surface area contributed by atoms with Crippen LogP contribution in [0.5, 0.6) is 5.75 Å². The summed E-state index contributed by atoms with van der Waals surface area (Å²) in [5.74, 6) is 0.767. The Hall–Kier alpha value is -1.27. The predicted octanol–water partition coefficient (Wildman–Crippen LogP) is 4.33. The standard InChI is InChI=1S/C18H20Cl2N2O2S/c19-15-4-3-14(12-16(15)20)24-13-5-8-22(9-6-13)10-7-21-18(23)17-2-1-11-25-17/h1-4,11-13H,5-10H2,(H,21,23). The van der Waals surface area contributed by atoms with Crippen LogP contribution in [-0.2, 0) is 0 Å². The predicted molar refractivity (Wildman–Crippen MR) is 103 cm³/mol. The minimum absolute atomic E-state index is 0.00726. The van der Waals surface area contributed by atoms with Gasteiger partial charge in [-0.05, 0) is 36.4 Å². The van der Waals surface area contributed by atoms with Crippen LogP contribution in [0.15, 0.2) is 35.7 Å². The zero-order valence-corrected chi connectivity index (χ0v) is 16.0. The van der Waals surface area contributed by atoms with Crippen molar-refractivity contribution in [2.45, 2.75) is 18.9 Å². The van der Waals surface area contributed by atoms with Crippen LogP contribution in [0.25, 0.3) is 0 Å². The van der Waals surface area contributed by atoms with Crippen molar-refractivity contribution in [2.75, 3.05) is 26.2 Å². The second kappa shape index (κ2) is 8.90. The van der Waals surface area contributed by atoms with Crippen LogP contribution < -0.4 is 10.1 Å². The molecule has 0 radical (unpaired) electrons. The fourth-order valence-electron chi connectivity index (χ4n) is 2.82. The summed E-state index contributed by atoms with van der Waals surface area (Å²) in [6.45, 7) is 3.44. The molecule has 0 aliphatic carbocycles. The molecule has 2 heterocycles. The third-order valence-corrected chi connectivity index (χ3v) is 5.79. The number of hydrogen-bond donors (Lipinski definition) is 1. The minimum Gasteiger partial charge on any atom is -0.490 e. The lowest BCUT2D eigenvalue weighted by molar-refractivity contribution is 0.0908. The summed E-state index contributed by atoms with van der Waals surface area (Å²) in [6.07, 6.45) is 2.10. The van der Waals surface area contributed by atoms with Gasteiger partial charge >= 0.3 is 0 Å². The van der Waals surface area contributed by atoms with E-state index in [9.17, 15) is 4.79 Å². The molecule has 7 heteroatoms. The van der Waals surface area contributed by atoms with Crippen molar-refractivity contribution in [1.82, 2.24) is 10.2 Å². The quantitative estimate of drug-likeness (QED) is 0.786. The fraction of sp³-hybridized carbons (Fsp3) is 0.389. The molecule has 0 saturated carbocycles. The van der Waals surface area contributed by atoms with E-state index in [0.717, 1.165) is 43.1 Å². The molecule has 0 unspecified atom stereocenters. The van der Waals surface area contributed by atoms with Crippen molar-refractivity contribution in [2.24, 2.45) is 0 Å². The van der Waals surface area contributed by atoms with Gasteiger partial charge in [0.05, 0.1) is 14.9 Å². The highest BCUT2D eigenvalue weighted by Crippen LogP contribution is 2.28. The Balaban J connectivity index is 1.37. The zero-order valence-electron chi connectivity index (χ0n) is 13.7. The van der Waals surface area contributed by atoms with Crippen LogP contribution in [0.1, 0.15) is 22.5 Å². The molecule has 3 rings (SSSR count). The van der Waals surface area contributed by atoms with Crippen molar-refractivity contribution in [3.05, 3.63) is 50.6 Å². The van der Waals surface area contributed by atoms with Crippen LogP contribution in [0, 0.1) is 0 Å². The van der Waals surface area contributed by atoms with Crippen LogP contribution in [0.2, 0.25) is 10.0 Å². The molecule has 0 bridgehead atoms. The number of carbonyl (C=O) groups excluding carboxylic acids is 1. The minimum atomic E-state index is 0.00726. The lowest BCUT2D eigenvalue weighted by Crippen LogP contribution is -2.42. The first kappa shape index (κ1) is 18.5. The van der Waals surface area contributed by atoms with Gasteiger partial charge in [0.1, 0.15) is 11.9 Å². The van der Waals surface area contributed by atoms with Crippen molar-refractivity contribution >= 4 is 40.4 Å². The van der Waals surface area contributed by atoms with Crippen molar-refractivity contribution in [1.29, 1.82) is 0 Å². The van der Waals surface area contributed by atoms with Gasteiger partial charge in [0.25, 0.3) is 5.91 Å². The van der Waals surface area contributed by atoms with Crippen LogP contribution in [0.3, 0.4) is 0 Å². The summed E-state index contributed by atoms with van der Waals surface area (Å²) >= 11 is 13.4. The lowest BCUT2D eigenvalue weighted by Gasteiger charge is -2.32. The number of piperidine rings is 1. The maximum absolute atomic E-state index is 11.9. The zero-order chi connectivity index (χ0) is 17.6. The van der Waals surface area contributed by atoms with Gasteiger partial charge in [-0.15, -0.1) is 11.3 Å². The molecule has 4 nitrogen and oxygen atoms in total. The van der Waals surface area contributed by atoms with Gasteiger partial charge in [0.2, 0.25) is 0 Å². The molecule has 0 atom stereocenters. The number of benzene rings is 1. The molecule has 1 aliphatic heterocycles. The van der Waals surface area contributed by atoms with Gasteiger partial charge in [-0.3, -0.25) is 4.79 Å². The summed E-state index contributed by atoms with van der Waals surface area (Å²) in [6, 6.07) is 9.09. The lowest BCUT2D eigenvalue weighted by atomic mass is 10.1. The topological polar surface area (TPSA) is 41.6 Å². The molecule has 1 aromatic heterocycles. The van der Waals surface area contributed by atoms with E-state index in [-0.39, 0.29) is 12.0 Å². The number of halogens is 2. The van der Waals surface area contributed by atoms with Crippen molar-refractivity contribution in [3.63, 3.8) is 0 Å². The molecule has 1 saturated heterocycles. The van der Waals surface area contributed by atoms with Gasteiger partial charge in [-0.25, -0.2) is 0 Å². The second-order valence-corrected chi connectivity index (χ2v) is 7.73. The molecule has 2 aromatic rings. The molecule has 0 spiro atoms. The molecule has 134 valence electrons. The number of hydrogen-bond acceptors (Lipinski definition) is 4. The normalized spacial score (nSPS) is 15.9. The Morgan fingerprint density at radius 3 is 2.72 bits per heavy atom. The number of ether oxygens (including phenoxy) is 1. The Kier molecular flexibility index (Phi) is 6.59. The summed E-state index contributed by atoms with van der Waals surface area (Å²) < 4.78 is 5.99. The maximum atomic E-state index is 11.9. The summed E-state index contributed by atoms with van der Waals surface area (Å²) in [5, 5.41) is 5.92. The van der Waals surface area contributed by atoms with E-state index in [0.29, 0.717) is 16.6 Å². The fourth-order valence-corrected chi connectivity index (χ4v) is 3.74. The monoisotopic (exact) mass is 398 g/mol. The van der Waals surface area contributed by atoms with E-state index in [2.05, 4.69) is 10.2 Å². The first-order valence-electron chi connectivity index (χ1n) is 8.27. The first-order valence-corrected chi connectivity index (χ1v) is 9.91. The third-order valence-electron chi connectivity index (χ3n) is 4.19. The van der Waals surface area contributed by atoms with Gasteiger partial charge in [0, 0.05) is 32.2 Å². The Labute approximate surface area is 161 Å². The number of thiophene rings is 1. The Morgan fingerprint density at radius 1 is 1.24 bits per heavy atom. The number of nitrogens with one attached hydrogen (secondary N) is 1. The highest BCUT2D eigenvalue weighted by atomic mass is 35.5. The van der Waals surface area contributed by atoms with Crippen LogP contribution >= 0.6 is 34.5 Å². The number of likely N-dealkylation sites (tertiary alicyclic amines) is 1. The van der Waals surface area contributed by atoms with E-state index in [1.54, 1.807) is 12.1 Å². The number of rotatable bonds is 6. The number of carbonyl (C=O) groups is 1. The molecule has 1 aromatic carbocycles. The van der Waals surface area contributed by atoms with E-state index >= 15 is 0 Å². The van der Waals surface area contributed by atoms with Gasteiger partial charge in [0.15, 0.2) is 0 Å². The van der Waals surface area contributed by atoms with Gasteiger partial charge < -0.3 is 15.0 Å². The molecule has 25 heavy (non-hydrogen) atoms. The highest BCUT2D eigenvalue weighted by Gasteiger charge is 2.20. The molecule has 1 fully saturated rings. The van der Waals surface area contributed by atoms with Crippen molar-refractivity contribution in [3.8, 4) is 5.75 Å². The average Bonchev–Trinajstić information content (AvgIpc) is 3.14. The number of nitrogens with zero attached hydrogens (tertiary/aromatic N) is 1. The maximum Gasteiger partial charge on any atom is 0.261 e. The molecule has 1 amide bonds. The third kappa shape index (κ3) is 5.35. The molecule has 1 aliphatic rings. The van der Waals surface area contributed by atoms with Crippen LogP contribution in [0.4, 0.5) is 0 Å². The smallest absolute Gasteiger partial charge is 0.261 e. The van der Waals surface area contributed by atoms with E-state index in [4.69, 9.17) is 27.9 Å². The second-order valence-electron chi connectivity index (χ2n) is 5.97. The molecular formula is C18H20Cl2N2O2S. The molecule has 1 N–H and O–H groups in total. The average molecular weight is 399 g/mol. The largest absolute Gasteiger partial charge is 0.490 e. The summed E-state index contributed by atoms with van der Waals surface area (Å²) in [7, 11) is 0. The van der Waals surface area contributed by atoms with E-state index < -0.39 is 0 Å². The van der Waals surface area contributed by atoms with Gasteiger partial charge in [-0.2, -0.15) is 0 Å². The Bertz CT molecular complexity index is 701. The van der Waals surface area contributed by atoms with E-state index in [1.807, 2.05) is 23.6 Å². The van der Waals surface area contributed by atoms with Gasteiger partial charge in [-0.1, -0.05) is 29.3 Å².